The summed E-state index contributed by atoms with van der Waals surface area (Å²) in [6.07, 6.45) is 0.504. The van der Waals surface area contributed by atoms with Gasteiger partial charge in [-0.15, -0.1) is 0 Å². The number of nitrogens with two attached hydrogens (primary N) is 1. The normalized spacial score (nSPS) is 19.7. The summed E-state index contributed by atoms with van der Waals surface area (Å²) in [6.45, 7) is 1.48. The van der Waals surface area contributed by atoms with E-state index in [1.54, 1.807) is 0 Å². The summed E-state index contributed by atoms with van der Waals surface area (Å²) in [6, 6.07) is 0. The highest BCUT2D eigenvalue weighted by Crippen LogP contribution is 2.29. The van der Waals surface area contributed by atoms with E-state index in [0.717, 1.165) is 0 Å². The molecule has 19 heavy (non-hydrogen) atoms. The summed E-state index contributed by atoms with van der Waals surface area (Å²) in [4.78, 5) is 22.8. The lowest BCUT2D eigenvalue weighted by Gasteiger charge is -2.34. The van der Waals surface area contributed by atoms with Crippen LogP contribution in [0.4, 0.5) is 0 Å². The molecule has 0 aromatic heterocycles. The van der Waals surface area contributed by atoms with Crippen LogP contribution in [0.2, 0.25) is 0 Å². The third-order valence-corrected chi connectivity index (χ3v) is 3.55. The van der Waals surface area contributed by atoms with E-state index >= 15 is 0 Å². The molecule has 1 fully saturated rings. The number of carbonyl (C=O) groups excluding carboxylic acids is 1. The molecule has 0 radical (unpaired) electrons. The van der Waals surface area contributed by atoms with Crippen molar-refractivity contribution in [1.82, 2.24) is 5.32 Å². The fourth-order valence-electron chi connectivity index (χ4n) is 2.11. The Morgan fingerprint density at radius 3 is 2.58 bits per heavy atom. The van der Waals surface area contributed by atoms with Crippen LogP contribution in [0.3, 0.4) is 0 Å². The number of methoxy groups -OCH3 is 1. The minimum absolute atomic E-state index is 0.143. The van der Waals surface area contributed by atoms with E-state index in [0.29, 0.717) is 26.1 Å². The number of ether oxygens (including phenoxy) is 2. The lowest BCUT2D eigenvalue weighted by Crippen LogP contribution is -2.50. The Morgan fingerprint density at radius 2 is 2.11 bits per heavy atom. The molecule has 1 saturated heterocycles. The van der Waals surface area contributed by atoms with Gasteiger partial charge in [-0.25, -0.2) is 0 Å². The van der Waals surface area contributed by atoms with Crippen LogP contribution in [0.25, 0.3) is 0 Å². The minimum Gasteiger partial charge on any atom is -0.481 e. The highest BCUT2D eigenvalue weighted by atomic mass is 16.5. The maximum Gasteiger partial charge on any atom is 0.306 e. The van der Waals surface area contributed by atoms with Crippen LogP contribution in [0.1, 0.15) is 19.3 Å². The molecule has 1 aliphatic rings. The fraction of sp³-hybridized carbons (Fsp3) is 0.833. The van der Waals surface area contributed by atoms with Gasteiger partial charge in [0.15, 0.2) is 0 Å². The Labute approximate surface area is 112 Å². The highest BCUT2D eigenvalue weighted by Gasteiger charge is 2.38. The average molecular weight is 274 g/mol. The minimum atomic E-state index is -0.958. The number of rotatable bonds is 7. The van der Waals surface area contributed by atoms with Crippen LogP contribution in [0.5, 0.6) is 0 Å². The monoisotopic (exact) mass is 274 g/mol. The lowest BCUT2D eigenvalue weighted by atomic mass is 9.79. The van der Waals surface area contributed by atoms with E-state index in [1.807, 2.05) is 0 Å². The number of hydrogen-bond donors (Lipinski definition) is 3. The van der Waals surface area contributed by atoms with E-state index in [4.69, 9.17) is 20.3 Å². The van der Waals surface area contributed by atoms with Gasteiger partial charge in [0.25, 0.3) is 0 Å². The molecule has 0 saturated carbocycles. The largest absolute Gasteiger partial charge is 0.481 e. The molecule has 1 amide bonds. The predicted molar refractivity (Wildman–Crippen MR) is 67.6 cm³/mol. The average Bonchev–Trinajstić information content (AvgIpc) is 2.43. The number of nitrogens with one attached hydrogen (secondary N) is 1. The Kier molecular flexibility index (Phi) is 6.20. The molecular weight excluding hydrogens is 252 g/mol. The SMILES string of the molecule is COC(CNC(=O)C1(CN)CCOCC1)CC(=O)O. The van der Waals surface area contributed by atoms with Crippen LogP contribution in [0.15, 0.2) is 0 Å². The van der Waals surface area contributed by atoms with Gasteiger partial charge in [0.1, 0.15) is 0 Å². The van der Waals surface area contributed by atoms with Crippen molar-refractivity contribution in [2.75, 3.05) is 33.4 Å². The zero-order chi connectivity index (χ0) is 14.3. The van der Waals surface area contributed by atoms with Gasteiger partial charge in [-0.1, -0.05) is 0 Å². The van der Waals surface area contributed by atoms with Crippen LogP contribution in [-0.4, -0.2) is 56.5 Å². The summed E-state index contributed by atoms with van der Waals surface area (Å²) in [5.74, 6) is -1.11. The van der Waals surface area contributed by atoms with Crippen molar-refractivity contribution in [3.05, 3.63) is 0 Å². The molecule has 110 valence electrons. The van der Waals surface area contributed by atoms with Crippen molar-refractivity contribution < 1.29 is 24.2 Å². The van der Waals surface area contributed by atoms with Crippen LogP contribution in [0, 0.1) is 5.41 Å². The van der Waals surface area contributed by atoms with Crippen molar-refractivity contribution in [3.63, 3.8) is 0 Å². The number of carboxylic acids is 1. The van der Waals surface area contributed by atoms with E-state index in [1.165, 1.54) is 7.11 Å². The first-order valence-electron chi connectivity index (χ1n) is 6.35. The molecule has 1 unspecified atom stereocenters. The van der Waals surface area contributed by atoms with E-state index < -0.39 is 17.5 Å². The summed E-state index contributed by atoms with van der Waals surface area (Å²) < 4.78 is 10.3. The number of amides is 1. The van der Waals surface area contributed by atoms with E-state index in [9.17, 15) is 9.59 Å². The summed E-state index contributed by atoms with van der Waals surface area (Å²) in [7, 11) is 1.42. The smallest absolute Gasteiger partial charge is 0.306 e. The molecule has 1 aliphatic heterocycles. The number of carbonyl (C=O) groups is 2. The summed E-state index contributed by atoms with van der Waals surface area (Å²) >= 11 is 0. The van der Waals surface area contributed by atoms with Gasteiger partial charge in [-0.3, -0.25) is 9.59 Å². The molecule has 1 rings (SSSR count). The van der Waals surface area contributed by atoms with Crippen molar-refractivity contribution in [1.29, 1.82) is 0 Å². The first kappa shape index (κ1) is 15.9. The standard InChI is InChI=1S/C12H22N2O5/c1-18-9(6-10(15)16)7-14-11(17)12(8-13)2-4-19-5-3-12/h9H,2-8,13H2,1H3,(H,14,17)(H,15,16). The molecule has 0 aliphatic carbocycles. The maximum atomic E-state index is 12.2. The Hall–Kier alpha value is -1.18. The van der Waals surface area contributed by atoms with Crippen LogP contribution >= 0.6 is 0 Å². The number of hydrogen-bond acceptors (Lipinski definition) is 5. The van der Waals surface area contributed by atoms with Gasteiger partial charge in [0.2, 0.25) is 5.91 Å². The maximum absolute atomic E-state index is 12.2. The second-order valence-electron chi connectivity index (χ2n) is 4.76. The number of aliphatic carboxylic acids is 1. The number of carboxylic acid groups (broad SMARTS) is 1. The summed E-state index contributed by atoms with van der Waals surface area (Å²) in [5, 5.41) is 11.4. The Balaban J connectivity index is 2.50. The molecule has 1 heterocycles. The molecule has 1 atom stereocenters. The lowest BCUT2D eigenvalue weighted by molar-refractivity contribution is -0.141. The third-order valence-electron chi connectivity index (χ3n) is 3.55. The first-order chi connectivity index (χ1) is 9.04. The fourth-order valence-corrected chi connectivity index (χ4v) is 2.11. The molecule has 0 bridgehead atoms. The van der Waals surface area contributed by atoms with Gasteiger partial charge in [-0.2, -0.15) is 0 Å². The van der Waals surface area contributed by atoms with Crippen molar-refractivity contribution in [2.45, 2.75) is 25.4 Å². The Morgan fingerprint density at radius 1 is 1.47 bits per heavy atom. The van der Waals surface area contributed by atoms with E-state index in [2.05, 4.69) is 5.32 Å². The quantitative estimate of drug-likeness (QED) is 0.569. The Bertz CT molecular complexity index is 315. The molecular formula is C12H22N2O5. The molecule has 0 aromatic carbocycles. The van der Waals surface area contributed by atoms with Crippen molar-refractivity contribution in [2.24, 2.45) is 11.1 Å². The van der Waals surface area contributed by atoms with Crippen LogP contribution < -0.4 is 11.1 Å². The molecule has 7 heteroatoms. The second kappa shape index (κ2) is 7.42. The molecule has 7 nitrogen and oxygen atoms in total. The van der Waals surface area contributed by atoms with Gasteiger partial charge in [-0.05, 0) is 12.8 Å². The second-order valence-corrected chi connectivity index (χ2v) is 4.76. The highest BCUT2D eigenvalue weighted by molar-refractivity contribution is 5.83. The van der Waals surface area contributed by atoms with Gasteiger partial charge in [0, 0.05) is 33.4 Å². The zero-order valence-electron chi connectivity index (χ0n) is 11.2. The summed E-state index contributed by atoms with van der Waals surface area (Å²) in [5.41, 5.74) is 5.12. The van der Waals surface area contributed by atoms with Gasteiger partial charge >= 0.3 is 5.97 Å². The van der Waals surface area contributed by atoms with Gasteiger partial charge < -0.3 is 25.6 Å². The van der Waals surface area contributed by atoms with Crippen LogP contribution in [-0.2, 0) is 19.1 Å². The zero-order valence-corrected chi connectivity index (χ0v) is 11.2. The van der Waals surface area contributed by atoms with Gasteiger partial charge in [0.05, 0.1) is 17.9 Å². The van der Waals surface area contributed by atoms with Crippen molar-refractivity contribution >= 4 is 11.9 Å². The predicted octanol–water partition coefficient (Wildman–Crippen LogP) is -0.652. The van der Waals surface area contributed by atoms with Crippen molar-refractivity contribution in [3.8, 4) is 0 Å². The molecule has 0 aromatic rings. The first-order valence-corrected chi connectivity index (χ1v) is 6.35. The molecule has 0 spiro atoms. The molecule has 4 N–H and O–H groups in total. The van der Waals surface area contributed by atoms with E-state index in [-0.39, 0.29) is 25.4 Å². The third kappa shape index (κ3) is 4.45. The topological polar surface area (TPSA) is 111 Å².